The number of rotatable bonds is 0. The normalized spacial score (nSPS) is 42.0. The van der Waals surface area contributed by atoms with Gasteiger partial charge in [-0.05, 0) is 19.9 Å². The van der Waals surface area contributed by atoms with Crippen LogP contribution in [0.25, 0.3) is 0 Å². The SMILES string of the molecule is [CH2]C1(F)CCNC1. The third kappa shape index (κ3) is 1.13. The summed E-state index contributed by atoms with van der Waals surface area (Å²) in [6, 6.07) is 0. The number of hydrogen-bond acceptors (Lipinski definition) is 1. The Hall–Kier alpha value is -0.110. The van der Waals surface area contributed by atoms with E-state index in [0.29, 0.717) is 13.0 Å². The lowest BCUT2D eigenvalue weighted by Gasteiger charge is -2.07. The first-order valence-corrected chi connectivity index (χ1v) is 2.46. The fraction of sp³-hybridized carbons (Fsp3) is 0.800. The van der Waals surface area contributed by atoms with Gasteiger partial charge in [0, 0.05) is 6.54 Å². The van der Waals surface area contributed by atoms with Crippen LogP contribution in [0.2, 0.25) is 0 Å². The van der Waals surface area contributed by atoms with Crippen molar-refractivity contribution < 1.29 is 4.39 Å². The van der Waals surface area contributed by atoms with Crippen LogP contribution in [0.15, 0.2) is 0 Å². The van der Waals surface area contributed by atoms with E-state index >= 15 is 0 Å². The molecule has 1 unspecified atom stereocenters. The van der Waals surface area contributed by atoms with Crippen LogP contribution in [0.3, 0.4) is 0 Å². The Morgan fingerprint density at radius 3 is 2.57 bits per heavy atom. The Kier molecular flexibility index (Phi) is 1.04. The van der Waals surface area contributed by atoms with Gasteiger partial charge in [0.15, 0.2) is 0 Å². The van der Waals surface area contributed by atoms with E-state index in [0.717, 1.165) is 6.54 Å². The number of nitrogens with one attached hydrogen (secondary N) is 1. The van der Waals surface area contributed by atoms with Crippen molar-refractivity contribution in [3.8, 4) is 0 Å². The number of alkyl halides is 1. The molecule has 1 saturated heterocycles. The molecule has 1 fully saturated rings. The van der Waals surface area contributed by atoms with Crippen molar-refractivity contribution in [2.45, 2.75) is 12.1 Å². The Balaban J connectivity index is 2.40. The Morgan fingerprint density at radius 2 is 2.43 bits per heavy atom. The summed E-state index contributed by atoms with van der Waals surface area (Å²) in [5.74, 6) is 0. The highest BCUT2D eigenvalue weighted by atomic mass is 19.1. The molecular weight excluding hydrogens is 93.1 g/mol. The largest absolute Gasteiger partial charge is 0.313 e. The first-order valence-electron chi connectivity index (χ1n) is 2.46. The fourth-order valence-electron chi connectivity index (χ4n) is 0.713. The highest BCUT2D eigenvalue weighted by Crippen LogP contribution is 2.16. The molecule has 0 bridgehead atoms. The minimum atomic E-state index is -1.17. The summed E-state index contributed by atoms with van der Waals surface area (Å²) in [6.07, 6.45) is 0.562. The summed E-state index contributed by atoms with van der Waals surface area (Å²) in [5.41, 5.74) is -1.17. The molecule has 1 rings (SSSR count). The van der Waals surface area contributed by atoms with E-state index in [-0.39, 0.29) is 0 Å². The summed E-state index contributed by atoms with van der Waals surface area (Å²) in [5, 5.41) is 2.88. The standard InChI is InChI=1S/C5H9FN/c1-5(6)2-3-7-4-5/h7H,1-4H2. The molecule has 1 aliphatic heterocycles. The van der Waals surface area contributed by atoms with Crippen molar-refractivity contribution in [1.29, 1.82) is 0 Å². The minimum absolute atomic E-state index is 0.424. The quantitative estimate of drug-likeness (QED) is 0.470. The monoisotopic (exact) mass is 102 g/mol. The van der Waals surface area contributed by atoms with Gasteiger partial charge in [0.2, 0.25) is 0 Å². The maximum absolute atomic E-state index is 12.4. The molecule has 1 atom stereocenters. The van der Waals surface area contributed by atoms with Gasteiger partial charge >= 0.3 is 0 Å². The van der Waals surface area contributed by atoms with E-state index in [1.54, 1.807) is 0 Å². The van der Waals surface area contributed by atoms with Gasteiger partial charge in [-0.3, -0.25) is 0 Å². The zero-order valence-corrected chi connectivity index (χ0v) is 4.21. The van der Waals surface area contributed by atoms with Gasteiger partial charge in [0.05, 0.1) is 0 Å². The smallest absolute Gasteiger partial charge is 0.124 e. The van der Waals surface area contributed by atoms with Gasteiger partial charge in [0.1, 0.15) is 5.67 Å². The van der Waals surface area contributed by atoms with Crippen LogP contribution in [0.1, 0.15) is 6.42 Å². The maximum atomic E-state index is 12.4. The van der Waals surface area contributed by atoms with Gasteiger partial charge in [-0.15, -0.1) is 0 Å². The van der Waals surface area contributed by atoms with Crippen LogP contribution in [0, 0.1) is 6.92 Å². The van der Waals surface area contributed by atoms with Crippen LogP contribution >= 0.6 is 0 Å². The van der Waals surface area contributed by atoms with Crippen molar-refractivity contribution in [3.63, 3.8) is 0 Å². The van der Waals surface area contributed by atoms with E-state index < -0.39 is 5.67 Å². The summed E-state index contributed by atoms with van der Waals surface area (Å²) in [4.78, 5) is 0. The minimum Gasteiger partial charge on any atom is -0.313 e. The van der Waals surface area contributed by atoms with Crippen LogP contribution in [-0.2, 0) is 0 Å². The van der Waals surface area contributed by atoms with Gasteiger partial charge in [-0.25, -0.2) is 4.39 Å². The lowest BCUT2D eigenvalue weighted by Crippen LogP contribution is -2.21. The molecule has 0 aromatic carbocycles. The average molecular weight is 102 g/mol. The summed E-state index contributed by atoms with van der Waals surface area (Å²) in [6.45, 7) is 4.54. The predicted octanol–water partition coefficient (Wildman–Crippen LogP) is 0.522. The fourth-order valence-corrected chi connectivity index (χ4v) is 0.713. The molecule has 0 saturated carbocycles. The summed E-state index contributed by atoms with van der Waals surface area (Å²) >= 11 is 0. The molecule has 0 aromatic rings. The van der Waals surface area contributed by atoms with Crippen LogP contribution in [-0.4, -0.2) is 18.8 Å². The molecule has 0 spiro atoms. The van der Waals surface area contributed by atoms with Crippen molar-refractivity contribution in [2.24, 2.45) is 0 Å². The predicted molar refractivity (Wildman–Crippen MR) is 26.7 cm³/mol. The van der Waals surface area contributed by atoms with Crippen LogP contribution in [0.5, 0.6) is 0 Å². The van der Waals surface area contributed by atoms with Crippen LogP contribution in [0.4, 0.5) is 4.39 Å². The molecule has 1 N–H and O–H groups in total. The molecule has 1 radical (unpaired) electrons. The Morgan fingerprint density at radius 1 is 1.71 bits per heavy atom. The molecular formula is C5H9FN. The van der Waals surface area contributed by atoms with Crippen molar-refractivity contribution >= 4 is 0 Å². The molecule has 1 heterocycles. The van der Waals surface area contributed by atoms with Gasteiger partial charge < -0.3 is 5.32 Å². The van der Waals surface area contributed by atoms with E-state index in [4.69, 9.17) is 0 Å². The van der Waals surface area contributed by atoms with Gasteiger partial charge in [-0.2, -0.15) is 0 Å². The lowest BCUT2D eigenvalue weighted by molar-refractivity contribution is 0.254. The van der Waals surface area contributed by atoms with Crippen LogP contribution < -0.4 is 5.32 Å². The maximum Gasteiger partial charge on any atom is 0.124 e. The molecule has 41 valence electrons. The van der Waals surface area contributed by atoms with E-state index in [1.165, 1.54) is 0 Å². The average Bonchev–Trinajstić information content (AvgIpc) is 1.84. The van der Waals surface area contributed by atoms with E-state index in [2.05, 4.69) is 12.2 Å². The Bertz CT molecular complexity index is 62.5. The highest BCUT2D eigenvalue weighted by molar-refractivity contribution is 4.90. The molecule has 0 amide bonds. The van der Waals surface area contributed by atoms with E-state index in [9.17, 15) is 4.39 Å². The molecule has 0 aliphatic carbocycles. The second kappa shape index (κ2) is 1.44. The number of hydrogen-bond donors (Lipinski definition) is 1. The second-order valence-electron chi connectivity index (χ2n) is 2.08. The zero-order chi connectivity index (χ0) is 5.33. The molecule has 7 heavy (non-hydrogen) atoms. The first-order chi connectivity index (χ1) is 3.21. The lowest BCUT2D eigenvalue weighted by atomic mass is 10.1. The van der Waals surface area contributed by atoms with Gasteiger partial charge in [0.25, 0.3) is 0 Å². The topological polar surface area (TPSA) is 12.0 Å². The van der Waals surface area contributed by atoms with E-state index in [1.807, 2.05) is 0 Å². The second-order valence-corrected chi connectivity index (χ2v) is 2.08. The van der Waals surface area contributed by atoms with Crippen molar-refractivity contribution in [3.05, 3.63) is 6.92 Å². The molecule has 0 aromatic heterocycles. The number of halogens is 1. The third-order valence-electron chi connectivity index (χ3n) is 1.19. The van der Waals surface area contributed by atoms with Gasteiger partial charge in [-0.1, -0.05) is 0 Å². The third-order valence-corrected chi connectivity index (χ3v) is 1.19. The highest BCUT2D eigenvalue weighted by Gasteiger charge is 2.26. The molecule has 1 aliphatic rings. The zero-order valence-electron chi connectivity index (χ0n) is 4.21. The summed E-state index contributed by atoms with van der Waals surface area (Å²) < 4.78 is 12.4. The molecule has 1 nitrogen and oxygen atoms in total. The Labute approximate surface area is 42.9 Å². The molecule has 2 heteroatoms. The summed E-state index contributed by atoms with van der Waals surface area (Å²) in [7, 11) is 0. The van der Waals surface area contributed by atoms with Crippen molar-refractivity contribution in [2.75, 3.05) is 13.1 Å². The first kappa shape index (κ1) is 5.04. The van der Waals surface area contributed by atoms with Crippen molar-refractivity contribution in [1.82, 2.24) is 5.32 Å².